The van der Waals surface area contributed by atoms with Gasteiger partial charge in [-0.15, -0.1) is 0 Å². The number of ether oxygens (including phenoxy) is 1. The molecule has 3 rings (SSSR count). The van der Waals surface area contributed by atoms with Gasteiger partial charge in [-0.05, 0) is 49.2 Å². The summed E-state index contributed by atoms with van der Waals surface area (Å²) in [4.78, 5) is 23.1. The maximum absolute atomic E-state index is 13.2. The van der Waals surface area contributed by atoms with E-state index in [2.05, 4.69) is 0 Å². The molecule has 7 nitrogen and oxygen atoms in total. The van der Waals surface area contributed by atoms with Gasteiger partial charge in [0.25, 0.3) is 0 Å². The normalized spacial score (nSPS) is 19.2. The fourth-order valence-corrected chi connectivity index (χ4v) is 6.69. The van der Waals surface area contributed by atoms with Gasteiger partial charge in [0.15, 0.2) is 6.29 Å². The maximum atomic E-state index is 13.2. The second kappa shape index (κ2) is 8.41. The molecular formula is C21H23NO6S2. The largest absolute Gasteiger partial charge is 0.496 e. The van der Waals surface area contributed by atoms with E-state index in [1.807, 2.05) is 0 Å². The molecule has 2 aromatic rings. The standard InChI is InChI=1S/C21H23NO6S2/c1-21(2)19(20(24)25)22(10-11-29-21)30(26,27)17-7-4-14(5-8-17)15-6-9-18(28-3)16(12-15)13-23/h4-9,12-13,19H,10-11H2,1-3H3,(H,24,25). The van der Waals surface area contributed by atoms with Crippen molar-refractivity contribution in [2.45, 2.75) is 29.5 Å². The van der Waals surface area contributed by atoms with Crippen LogP contribution < -0.4 is 4.74 Å². The van der Waals surface area contributed by atoms with E-state index in [9.17, 15) is 23.1 Å². The zero-order chi connectivity index (χ0) is 22.1. The number of carboxylic acid groups (broad SMARTS) is 1. The average molecular weight is 450 g/mol. The van der Waals surface area contributed by atoms with Crippen LogP contribution in [0.3, 0.4) is 0 Å². The Bertz CT molecular complexity index is 1060. The highest BCUT2D eigenvalue weighted by atomic mass is 32.2. The molecule has 9 heteroatoms. The fourth-order valence-electron chi connectivity index (χ4n) is 3.59. The topological polar surface area (TPSA) is 101 Å². The number of methoxy groups -OCH3 is 1. The molecule has 2 aromatic carbocycles. The molecule has 0 aliphatic carbocycles. The first-order chi connectivity index (χ1) is 14.1. The molecule has 1 aliphatic rings. The van der Waals surface area contributed by atoms with Gasteiger partial charge in [0.1, 0.15) is 11.8 Å². The van der Waals surface area contributed by atoms with Crippen LogP contribution in [0.1, 0.15) is 24.2 Å². The summed E-state index contributed by atoms with van der Waals surface area (Å²) in [7, 11) is -2.51. The molecule has 0 bridgehead atoms. The van der Waals surface area contributed by atoms with Crippen molar-refractivity contribution in [3.63, 3.8) is 0 Å². The number of benzene rings is 2. The lowest BCUT2D eigenvalue weighted by Crippen LogP contribution is -2.58. The van der Waals surface area contributed by atoms with Crippen LogP contribution in [0.4, 0.5) is 0 Å². The molecule has 0 radical (unpaired) electrons. The smallest absolute Gasteiger partial charge is 0.323 e. The van der Waals surface area contributed by atoms with Gasteiger partial charge in [-0.3, -0.25) is 9.59 Å². The molecule has 1 heterocycles. The number of aliphatic carboxylic acids is 1. The van der Waals surface area contributed by atoms with Crippen LogP contribution in [-0.4, -0.2) is 60.3 Å². The van der Waals surface area contributed by atoms with E-state index in [-0.39, 0.29) is 11.4 Å². The van der Waals surface area contributed by atoms with Gasteiger partial charge in [-0.25, -0.2) is 8.42 Å². The van der Waals surface area contributed by atoms with Crippen molar-refractivity contribution in [2.24, 2.45) is 0 Å². The number of rotatable bonds is 6. The molecule has 0 spiro atoms. The second-order valence-corrected chi connectivity index (χ2v) is 11.0. The zero-order valence-corrected chi connectivity index (χ0v) is 18.5. The fraction of sp³-hybridized carbons (Fsp3) is 0.333. The first-order valence-corrected chi connectivity index (χ1v) is 11.7. The van der Waals surface area contributed by atoms with E-state index in [0.29, 0.717) is 23.4 Å². The van der Waals surface area contributed by atoms with Gasteiger partial charge in [-0.1, -0.05) is 18.2 Å². The molecule has 0 aromatic heterocycles. The number of thioether (sulfide) groups is 1. The highest BCUT2D eigenvalue weighted by molar-refractivity contribution is 8.00. The van der Waals surface area contributed by atoms with E-state index in [1.165, 1.54) is 31.0 Å². The van der Waals surface area contributed by atoms with Crippen molar-refractivity contribution < 1.29 is 27.9 Å². The molecule has 1 fully saturated rings. The molecule has 0 saturated carbocycles. The number of aldehydes is 1. The lowest BCUT2D eigenvalue weighted by Gasteiger charge is -2.42. The summed E-state index contributed by atoms with van der Waals surface area (Å²) in [6.45, 7) is 3.63. The zero-order valence-electron chi connectivity index (χ0n) is 16.9. The number of hydrogen-bond donors (Lipinski definition) is 1. The Balaban J connectivity index is 1.95. The van der Waals surface area contributed by atoms with Gasteiger partial charge in [0, 0.05) is 17.0 Å². The lowest BCUT2D eigenvalue weighted by atomic mass is 10.0. The van der Waals surface area contributed by atoms with Crippen molar-refractivity contribution >= 4 is 34.0 Å². The van der Waals surface area contributed by atoms with Crippen molar-refractivity contribution in [3.05, 3.63) is 48.0 Å². The van der Waals surface area contributed by atoms with Gasteiger partial charge >= 0.3 is 5.97 Å². The predicted molar refractivity (Wildman–Crippen MR) is 116 cm³/mol. The third-order valence-corrected chi connectivity index (χ3v) is 8.35. The minimum absolute atomic E-state index is 0.0318. The second-order valence-electron chi connectivity index (χ2n) is 7.41. The number of hydrogen-bond acceptors (Lipinski definition) is 6. The van der Waals surface area contributed by atoms with Gasteiger partial charge < -0.3 is 9.84 Å². The van der Waals surface area contributed by atoms with Crippen molar-refractivity contribution in [1.82, 2.24) is 4.31 Å². The molecule has 30 heavy (non-hydrogen) atoms. The SMILES string of the molecule is COc1ccc(-c2ccc(S(=O)(=O)N3CCSC(C)(C)C3C(=O)O)cc2)cc1C=O. The van der Waals surface area contributed by atoms with Crippen molar-refractivity contribution in [2.75, 3.05) is 19.4 Å². The monoisotopic (exact) mass is 449 g/mol. The highest BCUT2D eigenvalue weighted by Crippen LogP contribution is 2.38. The number of sulfonamides is 1. The van der Waals surface area contributed by atoms with Crippen molar-refractivity contribution in [3.8, 4) is 16.9 Å². The number of carbonyl (C=O) groups excluding carboxylic acids is 1. The summed E-state index contributed by atoms with van der Waals surface area (Å²) in [5, 5.41) is 9.68. The average Bonchev–Trinajstić information content (AvgIpc) is 2.72. The highest BCUT2D eigenvalue weighted by Gasteiger charge is 2.48. The van der Waals surface area contributed by atoms with Crippen LogP contribution in [0.25, 0.3) is 11.1 Å². The molecule has 1 saturated heterocycles. The van der Waals surface area contributed by atoms with E-state index in [1.54, 1.807) is 44.2 Å². The summed E-state index contributed by atoms with van der Waals surface area (Å²) in [5.74, 6) is -0.181. The third kappa shape index (κ3) is 4.10. The van der Waals surface area contributed by atoms with E-state index >= 15 is 0 Å². The molecule has 1 aliphatic heterocycles. The molecule has 0 amide bonds. The molecular weight excluding hydrogens is 426 g/mol. The van der Waals surface area contributed by atoms with Crippen LogP contribution in [0.2, 0.25) is 0 Å². The lowest BCUT2D eigenvalue weighted by molar-refractivity contribution is -0.142. The van der Waals surface area contributed by atoms with E-state index < -0.39 is 26.8 Å². The Morgan fingerprint density at radius 1 is 1.20 bits per heavy atom. The first-order valence-electron chi connectivity index (χ1n) is 9.24. The van der Waals surface area contributed by atoms with Gasteiger partial charge in [0.05, 0.1) is 17.6 Å². The Labute approximate surface area is 180 Å². The number of nitrogens with zero attached hydrogens (tertiary/aromatic N) is 1. The first kappa shape index (κ1) is 22.3. The van der Waals surface area contributed by atoms with Crippen LogP contribution >= 0.6 is 11.8 Å². The van der Waals surface area contributed by atoms with Crippen LogP contribution in [0, 0.1) is 0 Å². The summed E-state index contributed by atoms with van der Waals surface area (Å²) in [6.07, 6.45) is 0.698. The maximum Gasteiger partial charge on any atom is 0.323 e. The minimum Gasteiger partial charge on any atom is -0.496 e. The van der Waals surface area contributed by atoms with Crippen LogP contribution in [0.15, 0.2) is 47.4 Å². The summed E-state index contributed by atoms with van der Waals surface area (Å²) in [5.41, 5.74) is 1.86. The quantitative estimate of drug-likeness (QED) is 0.676. The Morgan fingerprint density at radius 2 is 1.83 bits per heavy atom. The summed E-state index contributed by atoms with van der Waals surface area (Å²) >= 11 is 1.45. The van der Waals surface area contributed by atoms with Gasteiger partial charge in [-0.2, -0.15) is 16.1 Å². The Kier molecular flexibility index (Phi) is 6.26. The molecule has 1 atom stereocenters. The number of carboxylic acids is 1. The minimum atomic E-state index is -3.99. The van der Waals surface area contributed by atoms with E-state index in [0.717, 1.165) is 15.4 Å². The van der Waals surface area contributed by atoms with Crippen LogP contribution in [0.5, 0.6) is 5.75 Å². The third-order valence-electron chi connectivity index (χ3n) is 5.12. The summed E-state index contributed by atoms with van der Waals surface area (Å²) in [6, 6.07) is 10.2. The Hall–Kier alpha value is -2.36. The molecule has 1 unspecified atom stereocenters. The van der Waals surface area contributed by atoms with Crippen LogP contribution in [-0.2, 0) is 14.8 Å². The Morgan fingerprint density at radius 3 is 2.40 bits per heavy atom. The molecule has 1 N–H and O–H groups in total. The van der Waals surface area contributed by atoms with E-state index in [4.69, 9.17) is 4.74 Å². The predicted octanol–water partition coefficient (Wildman–Crippen LogP) is 3.14. The molecule has 160 valence electrons. The number of carbonyl (C=O) groups is 2. The van der Waals surface area contributed by atoms with Gasteiger partial charge in [0.2, 0.25) is 10.0 Å². The summed E-state index contributed by atoms with van der Waals surface area (Å²) < 4.78 is 31.9. The van der Waals surface area contributed by atoms with Crippen molar-refractivity contribution in [1.29, 1.82) is 0 Å².